The number of rotatable bonds is 6. The highest BCUT2D eigenvalue weighted by Crippen LogP contribution is 2.22. The lowest BCUT2D eigenvalue weighted by Gasteiger charge is -2.35. The van der Waals surface area contributed by atoms with Gasteiger partial charge < -0.3 is 13.4 Å². The SMILES string of the molecule is CC[N@+](C)(CC[N+](C)(C)C)Cc1cc2ccccc2o1. The zero-order valence-electron chi connectivity index (χ0n) is 13.5. The van der Waals surface area contributed by atoms with Crippen LogP contribution in [0.25, 0.3) is 11.0 Å². The molecule has 0 aliphatic carbocycles. The van der Waals surface area contributed by atoms with Gasteiger partial charge in [0.15, 0.2) is 5.76 Å². The van der Waals surface area contributed by atoms with Gasteiger partial charge in [-0.3, -0.25) is 0 Å². The van der Waals surface area contributed by atoms with Crippen LogP contribution in [0.3, 0.4) is 0 Å². The van der Waals surface area contributed by atoms with Crippen molar-refractivity contribution < 1.29 is 13.4 Å². The smallest absolute Gasteiger partial charge is 0.159 e. The second-order valence-electron chi connectivity index (χ2n) is 7.08. The summed E-state index contributed by atoms with van der Waals surface area (Å²) in [4.78, 5) is 0. The summed E-state index contributed by atoms with van der Waals surface area (Å²) in [6.45, 7) is 6.68. The molecule has 1 heterocycles. The van der Waals surface area contributed by atoms with Gasteiger partial charge in [-0.15, -0.1) is 0 Å². The first kappa shape index (κ1) is 15.1. The summed E-state index contributed by atoms with van der Waals surface area (Å²) in [5.41, 5.74) is 0.997. The van der Waals surface area contributed by atoms with Crippen molar-refractivity contribution >= 4 is 11.0 Å². The van der Waals surface area contributed by atoms with E-state index in [4.69, 9.17) is 4.42 Å². The molecular weight excluding hydrogens is 248 g/mol. The molecule has 2 aromatic rings. The second-order valence-corrected chi connectivity index (χ2v) is 7.08. The third kappa shape index (κ3) is 3.84. The molecule has 20 heavy (non-hydrogen) atoms. The summed E-state index contributed by atoms with van der Waals surface area (Å²) < 4.78 is 8.01. The average Bonchev–Trinajstić information content (AvgIpc) is 2.77. The van der Waals surface area contributed by atoms with Crippen LogP contribution in [-0.4, -0.2) is 56.8 Å². The van der Waals surface area contributed by atoms with Crippen molar-refractivity contribution in [1.29, 1.82) is 0 Å². The maximum Gasteiger partial charge on any atom is 0.159 e. The van der Waals surface area contributed by atoms with E-state index in [-0.39, 0.29) is 0 Å². The van der Waals surface area contributed by atoms with Gasteiger partial charge in [0.1, 0.15) is 25.2 Å². The van der Waals surface area contributed by atoms with Crippen molar-refractivity contribution in [3.05, 3.63) is 36.1 Å². The first-order chi connectivity index (χ1) is 9.31. The van der Waals surface area contributed by atoms with E-state index in [1.54, 1.807) is 0 Å². The number of benzene rings is 1. The van der Waals surface area contributed by atoms with E-state index in [1.807, 2.05) is 12.1 Å². The summed E-state index contributed by atoms with van der Waals surface area (Å²) in [5, 5.41) is 1.21. The first-order valence-electron chi connectivity index (χ1n) is 7.43. The van der Waals surface area contributed by atoms with Crippen LogP contribution in [0.15, 0.2) is 34.7 Å². The molecule has 0 fully saturated rings. The Kier molecular flexibility index (Phi) is 4.21. The number of para-hydroxylation sites is 1. The van der Waals surface area contributed by atoms with E-state index in [1.165, 1.54) is 11.9 Å². The van der Waals surface area contributed by atoms with Crippen molar-refractivity contribution in [2.45, 2.75) is 13.5 Å². The summed E-state index contributed by atoms with van der Waals surface area (Å²) in [7, 11) is 9.08. The predicted octanol–water partition coefficient (Wildman–Crippen LogP) is 3.11. The highest BCUT2D eigenvalue weighted by molar-refractivity contribution is 5.77. The predicted molar refractivity (Wildman–Crippen MR) is 84.4 cm³/mol. The molecule has 0 radical (unpaired) electrons. The fraction of sp³-hybridized carbons (Fsp3) is 0.529. The van der Waals surface area contributed by atoms with Crippen LogP contribution in [0.1, 0.15) is 12.7 Å². The second kappa shape index (κ2) is 5.58. The van der Waals surface area contributed by atoms with Crippen LogP contribution in [0.4, 0.5) is 0 Å². The van der Waals surface area contributed by atoms with Gasteiger partial charge >= 0.3 is 0 Å². The van der Waals surface area contributed by atoms with Crippen molar-refractivity contribution in [2.24, 2.45) is 0 Å². The van der Waals surface area contributed by atoms with Crippen LogP contribution in [0.5, 0.6) is 0 Å². The minimum Gasteiger partial charge on any atom is -0.455 e. The number of hydrogen-bond donors (Lipinski definition) is 0. The molecule has 3 nitrogen and oxygen atoms in total. The van der Waals surface area contributed by atoms with Crippen molar-refractivity contribution in [2.75, 3.05) is 47.8 Å². The average molecular weight is 276 g/mol. The molecule has 3 heteroatoms. The molecule has 0 saturated heterocycles. The van der Waals surface area contributed by atoms with Crippen LogP contribution < -0.4 is 0 Å². The monoisotopic (exact) mass is 276 g/mol. The topological polar surface area (TPSA) is 13.1 Å². The number of nitrogens with zero attached hydrogens (tertiary/aromatic N) is 2. The quantitative estimate of drug-likeness (QED) is 0.739. The van der Waals surface area contributed by atoms with Crippen LogP contribution >= 0.6 is 0 Å². The molecule has 1 atom stereocenters. The summed E-state index contributed by atoms with van der Waals surface area (Å²) in [6, 6.07) is 10.4. The number of furan rings is 1. The fourth-order valence-corrected chi connectivity index (χ4v) is 2.38. The maximum atomic E-state index is 5.98. The molecule has 0 saturated carbocycles. The van der Waals surface area contributed by atoms with Gasteiger partial charge in [0.2, 0.25) is 0 Å². The van der Waals surface area contributed by atoms with E-state index in [0.29, 0.717) is 0 Å². The van der Waals surface area contributed by atoms with E-state index >= 15 is 0 Å². The van der Waals surface area contributed by atoms with Gasteiger partial charge in [0, 0.05) is 5.39 Å². The van der Waals surface area contributed by atoms with Gasteiger partial charge in [-0.1, -0.05) is 18.2 Å². The lowest BCUT2D eigenvalue weighted by Crippen LogP contribution is -2.50. The zero-order chi connectivity index (χ0) is 14.8. The number of quaternary nitrogens is 2. The fourth-order valence-electron chi connectivity index (χ4n) is 2.38. The maximum absolute atomic E-state index is 5.98. The number of fused-ring (bicyclic) bond motifs is 1. The third-order valence-corrected chi connectivity index (χ3v) is 4.09. The lowest BCUT2D eigenvalue weighted by atomic mass is 10.2. The standard InChI is InChI=1S/C17H28N2O/c1-6-19(5,12-11-18(2,3)4)14-16-13-15-9-7-8-10-17(15)20-16/h7-10,13H,6,11-12,14H2,1-5H3/q+2/t19-/m1/s1. The van der Waals surface area contributed by atoms with E-state index in [0.717, 1.165) is 39.9 Å². The van der Waals surface area contributed by atoms with E-state index in [2.05, 4.69) is 53.3 Å². The summed E-state index contributed by atoms with van der Waals surface area (Å²) >= 11 is 0. The Morgan fingerprint density at radius 1 is 1.00 bits per heavy atom. The van der Waals surface area contributed by atoms with Gasteiger partial charge in [0.05, 0.1) is 34.7 Å². The van der Waals surface area contributed by atoms with Crippen molar-refractivity contribution in [3.8, 4) is 0 Å². The minimum atomic E-state index is 0.963. The first-order valence-corrected chi connectivity index (χ1v) is 7.43. The Labute approximate surface area is 122 Å². The molecule has 110 valence electrons. The molecule has 0 N–H and O–H groups in total. The van der Waals surface area contributed by atoms with Crippen molar-refractivity contribution in [1.82, 2.24) is 0 Å². The van der Waals surface area contributed by atoms with Crippen molar-refractivity contribution in [3.63, 3.8) is 0 Å². The Balaban J connectivity index is 2.12. The largest absolute Gasteiger partial charge is 0.455 e. The van der Waals surface area contributed by atoms with Gasteiger partial charge in [-0.25, -0.2) is 0 Å². The molecule has 0 aliphatic rings. The molecule has 0 aliphatic heterocycles. The normalized spacial score (nSPS) is 15.4. The van der Waals surface area contributed by atoms with Crippen LogP contribution in [0, 0.1) is 0 Å². The summed E-state index contributed by atoms with van der Waals surface area (Å²) in [5.74, 6) is 1.09. The molecule has 0 bridgehead atoms. The Morgan fingerprint density at radius 3 is 2.30 bits per heavy atom. The Hall–Kier alpha value is -1.32. The van der Waals surface area contributed by atoms with E-state index < -0.39 is 0 Å². The van der Waals surface area contributed by atoms with Gasteiger partial charge in [-0.05, 0) is 19.1 Å². The van der Waals surface area contributed by atoms with Gasteiger partial charge in [-0.2, -0.15) is 0 Å². The Morgan fingerprint density at radius 2 is 1.70 bits per heavy atom. The highest BCUT2D eigenvalue weighted by Gasteiger charge is 2.25. The van der Waals surface area contributed by atoms with Crippen LogP contribution in [-0.2, 0) is 6.54 Å². The molecule has 1 aromatic heterocycles. The molecular formula is C17H28N2O+2. The number of likely N-dealkylation sites (N-methyl/N-ethyl adjacent to an activating group) is 2. The highest BCUT2D eigenvalue weighted by atomic mass is 16.3. The minimum absolute atomic E-state index is 0.963. The molecule has 0 spiro atoms. The molecule has 2 rings (SSSR count). The zero-order valence-corrected chi connectivity index (χ0v) is 13.5. The van der Waals surface area contributed by atoms with E-state index in [9.17, 15) is 0 Å². The van der Waals surface area contributed by atoms with Crippen LogP contribution in [0.2, 0.25) is 0 Å². The number of hydrogen-bond acceptors (Lipinski definition) is 1. The Bertz CT molecular complexity index is 535. The lowest BCUT2D eigenvalue weighted by molar-refractivity contribution is -0.956. The molecule has 0 amide bonds. The molecule has 1 aromatic carbocycles. The van der Waals surface area contributed by atoms with Gasteiger partial charge in [0.25, 0.3) is 0 Å². The third-order valence-electron chi connectivity index (χ3n) is 4.09. The summed E-state index contributed by atoms with van der Waals surface area (Å²) in [6.07, 6.45) is 0. The molecule has 0 unspecified atom stereocenters.